The van der Waals surface area contributed by atoms with Gasteiger partial charge >= 0.3 is 5.97 Å². The van der Waals surface area contributed by atoms with Gasteiger partial charge in [-0.3, -0.25) is 9.69 Å². The van der Waals surface area contributed by atoms with Crippen molar-refractivity contribution in [2.75, 3.05) is 0 Å². The lowest BCUT2D eigenvalue weighted by Crippen LogP contribution is -2.41. The average Bonchev–Trinajstić information content (AvgIpc) is 2.66. The summed E-state index contributed by atoms with van der Waals surface area (Å²) >= 11 is 5.98. The van der Waals surface area contributed by atoms with Gasteiger partial charge in [-0.2, -0.15) is 0 Å². The summed E-state index contributed by atoms with van der Waals surface area (Å²) in [5.41, 5.74) is 0.260. The van der Waals surface area contributed by atoms with Crippen LogP contribution >= 0.6 is 24.0 Å². The lowest BCUT2D eigenvalue weighted by atomic mass is 10.2. The summed E-state index contributed by atoms with van der Waals surface area (Å²) in [7, 11) is 0. The van der Waals surface area contributed by atoms with Crippen LogP contribution in [0.4, 0.5) is 4.39 Å². The van der Waals surface area contributed by atoms with Crippen molar-refractivity contribution in [1.82, 2.24) is 4.90 Å². The molecule has 2 rings (SSSR count). The molecule has 0 aliphatic carbocycles. The molecule has 0 radical (unpaired) electrons. The number of halogens is 1. The standard InChI is InChI=1S/C13H10FNO3S2/c1-7(12(17)18)15-11(16)10(20-13(15)19)6-8-4-2-3-5-9(8)14/h2-7H,1H3,(H,17,18)/b10-6+. The third-order valence-corrected chi connectivity index (χ3v) is 4.09. The van der Waals surface area contributed by atoms with Crippen molar-refractivity contribution < 1.29 is 19.1 Å². The number of thiocarbonyl (C=S) groups is 1. The Morgan fingerprint density at radius 1 is 1.50 bits per heavy atom. The molecule has 4 nitrogen and oxygen atoms in total. The zero-order chi connectivity index (χ0) is 14.9. The first-order valence-electron chi connectivity index (χ1n) is 5.66. The van der Waals surface area contributed by atoms with Gasteiger partial charge in [0.1, 0.15) is 16.2 Å². The number of carbonyl (C=O) groups is 2. The van der Waals surface area contributed by atoms with Gasteiger partial charge in [-0.05, 0) is 19.1 Å². The molecule has 1 aromatic rings. The first kappa shape index (κ1) is 14.7. The van der Waals surface area contributed by atoms with E-state index in [9.17, 15) is 14.0 Å². The Bertz CT molecular complexity index is 630. The first-order chi connectivity index (χ1) is 9.41. The van der Waals surface area contributed by atoms with E-state index >= 15 is 0 Å². The van der Waals surface area contributed by atoms with Crippen molar-refractivity contribution in [1.29, 1.82) is 0 Å². The molecular formula is C13H10FNO3S2. The highest BCUT2D eigenvalue weighted by atomic mass is 32.2. The molecule has 104 valence electrons. The molecule has 1 saturated heterocycles. The number of carboxylic acid groups (broad SMARTS) is 1. The molecule has 1 heterocycles. The summed E-state index contributed by atoms with van der Waals surface area (Å²) in [6.45, 7) is 1.37. The van der Waals surface area contributed by atoms with Crippen molar-refractivity contribution >= 4 is 46.3 Å². The average molecular weight is 311 g/mol. The van der Waals surface area contributed by atoms with Gasteiger partial charge in [0, 0.05) is 5.56 Å². The van der Waals surface area contributed by atoms with Crippen LogP contribution in [0, 0.1) is 5.82 Å². The Balaban J connectivity index is 2.33. The molecule has 1 amide bonds. The van der Waals surface area contributed by atoms with E-state index in [4.69, 9.17) is 17.3 Å². The number of nitrogens with zero attached hydrogens (tertiary/aromatic N) is 1. The molecule has 0 bridgehead atoms. The van der Waals surface area contributed by atoms with Crippen LogP contribution in [-0.2, 0) is 9.59 Å². The molecule has 0 aromatic heterocycles. The topological polar surface area (TPSA) is 57.6 Å². The Kier molecular flexibility index (Phi) is 4.20. The minimum Gasteiger partial charge on any atom is -0.480 e. The molecule has 1 aliphatic heterocycles. The van der Waals surface area contributed by atoms with Crippen molar-refractivity contribution in [3.8, 4) is 0 Å². The zero-order valence-electron chi connectivity index (χ0n) is 10.4. The number of aliphatic carboxylic acids is 1. The van der Waals surface area contributed by atoms with Gasteiger partial charge in [-0.1, -0.05) is 42.2 Å². The van der Waals surface area contributed by atoms with Gasteiger partial charge < -0.3 is 5.11 Å². The quantitative estimate of drug-likeness (QED) is 0.686. The number of benzene rings is 1. The number of carbonyl (C=O) groups excluding carboxylic acids is 1. The molecule has 1 aromatic carbocycles. The summed E-state index contributed by atoms with van der Waals surface area (Å²) in [6, 6.07) is 4.96. The molecule has 1 N–H and O–H groups in total. The second-order valence-electron chi connectivity index (χ2n) is 4.09. The molecule has 7 heteroatoms. The summed E-state index contributed by atoms with van der Waals surface area (Å²) < 4.78 is 13.7. The van der Waals surface area contributed by atoms with Crippen LogP contribution in [0.2, 0.25) is 0 Å². The fourth-order valence-corrected chi connectivity index (χ4v) is 3.07. The van der Waals surface area contributed by atoms with E-state index in [1.54, 1.807) is 12.1 Å². The van der Waals surface area contributed by atoms with Crippen LogP contribution in [0.25, 0.3) is 6.08 Å². The maximum atomic E-state index is 13.5. The normalized spacial score (nSPS) is 18.7. The second kappa shape index (κ2) is 5.72. The minimum absolute atomic E-state index is 0.160. The van der Waals surface area contributed by atoms with Crippen LogP contribution in [-0.4, -0.2) is 32.2 Å². The molecule has 0 spiro atoms. The molecule has 1 aliphatic rings. The predicted octanol–water partition coefficient (Wildman–Crippen LogP) is 2.50. The smallest absolute Gasteiger partial charge is 0.326 e. The van der Waals surface area contributed by atoms with Gasteiger partial charge in [-0.25, -0.2) is 9.18 Å². The highest BCUT2D eigenvalue weighted by Crippen LogP contribution is 2.34. The zero-order valence-corrected chi connectivity index (χ0v) is 12.0. The Morgan fingerprint density at radius 2 is 2.15 bits per heavy atom. The van der Waals surface area contributed by atoms with E-state index in [0.29, 0.717) is 0 Å². The van der Waals surface area contributed by atoms with E-state index in [-0.39, 0.29) is 14.8 Å². The predicted molar refractivity (Wildman–Crippen MR) is 78.5 cm³/mol. The second-order valence-corrected chi connectivity index (χ2v) is 5.76. The molecule has 1 atom stereocenters. The Morgan fingerprint density at radius 3 is 2.75 bits per heavy atom. The largest absolute Gasteiger partial charge is 0.480 e. The van der Waals surface area contributed by atoms with Gasteiger partial charge in [0.25, 0.3) is 5.91 Å². The van der Waals surface area contributed by atoms with E-state index in [0.717, 1.165) is 16.7 Å². The number of amides is 1. The van der Waals surface area contributed by atoms with E-state index in [1.165, 1.54) is 25.1 Å². The van der Waals surface area contributed by atoms with Crippen LogP contribution in [0.1, 0.15) is 12.5 Å². The third kappa shape index (κ3) is 2.73. The first-order valence-corrected chi connectivity index (χ1v) is 6.88. The minimum atomic E-state index is -1.14. The summed E-state index contributed by atoms with van der Waals surface area (Å²) in [6.07, 6.45) is 1.38. The van der Waals surface area contributed by atoms with Crippen molar-refractivity contribution in [3.63, 3.8) is 0 Å². The van der Waals surface area contributed by atoms with Gasteiger partial charge in [0.05, 0.1) is 4.91 Å². The fourth-order valence-electron chi connectivity index (χ4n) is 1.66. The summed E-state index contributed by atoms with van der Waals surface area (Å²) in [5, 5.41) is 8.96. The fraction of sp³-hybridized carbons (Fsp3) is 0.154. The number of carboxylic acids is 1. The SMILES string of the molecule is CC(C(=O)O)N1C(=O)/C(=C\c2ccccc2F)SC1=S. The molecule has 1 fully saturated rings. The lowest BCUT2D eigenvalue weighted by Gasteiger charge is -2.18. The summed E-state index contributed by atoms with van der Waals surface area (Å²) in [4.78, 5) is 24.3. The molecule has 0 saturated carbocycles. The number of hydrogen-bond acceptors (Lipinski definition) is 4. The lowest BCUT2D eigenvalue weighted by molar-refractivity contribution is -0.144. The van der Waals surface area contributed by atoms with Crippen LogP contribution in [0.5, 0.6) is 0 Å². The van der Waals surface area contributed by atoms with Crippen LogP contribution < -0.4 is 0 Å². The molecular weight excluding hydrogens is 301 g/mol. The number of thioether (sulfide) groups is 1. The van der Waals surface area contributed by atoms with Crippen molar-refractivity contribution in [2.24, 2.45) is 0 Å². The van der Waals surface area contributed by atoms with E-state index in [2.05, 4.69) is 0 Å². The van der Waals surface area contributed by atoms with Crippen LogP contribution in [0.15, 0.2) is 29.2 Å². The Labute approximate surface area is 124 Å². The summed E-state index contributed by atoms with van der Waals surface area (Å²) in [5.74, 6) is -2.12. The highest BCUT2D eigenvalue weighted by molar-refractivity contribution is 8.26. The molecule has 1 unspecified atom stereocenters. The number of hydrogen-bond donors (Lipinski definition) is 1. The Hall–Kier alpha value is -1.73. The highest BCUT2D eigenvalue weighted by Gasteiger charge is 2.38. The van der Waals surface area contributed by atoms with Gasteiger partial charge in [-0.15, -0.1) is 0 Å². The maximum absolute atomic E-state index is 13.5. The van der Waals surface area contributed by atoms with Crippen LogP contribution in [0.3, 0.4) is 0 Å². The van der Waals surface area contributed by atoms with E-state index < -0.39 is 23.7 Å². The van der Waals surface area contributed by atoms with Gasteiger partial charge in [0.15, 0.2) is 0 Å². The molecule has 20 heavy (non-hydrogen) atoms. The van der Waals surface area contributed by atoms with E-state index in [1.807, 2.05) is 0 Å². The maximum Gasteiger partial charge on any atom is 0.326 e. The van der Waals surface area contributed by atoms with Gasteiger partial charge in [0.2, 0.25) is 0 Å². The third-order valence-electron chi connectivity index (χ3n) is 2.76. The monoisotopic (exact) mass is 311 g/mol. The number of rotatable bonds is 3. The van der Waals surface area contributed by atoms with Crippen molar-refractivity contribution in [3.05, 3.63) is 40.6 Å². The van der Waals surface area contributed by atoms with Crippen molar-refractivity contribution in [2.45, 2.75) is 13.0 Å².